The van der Waals surface area contributed by atoms with E-state index in [1.165, 1.54) is 0 Å². The van der Waals surface area contributed by atoms with Crippen LogP contribution in [-0.2, 0) is 11.2 Å². The van der Waals surface area contributed by atoms with Crippen molar-refractivity contribution in [2.75, 3.05) is 0 Å². The van der Waals surface area contributed by atoms with Crippen LogP contribution in [0.2, 0.25) is 0 Å². The van der Waals surface area contributed by atoms with Crippen molar-refractivity contribution < 1.29 is 9.90 Å². The average molecular weight is 353 g/mol. The zero-order valence-corrected chi connectivity index (χ0v) is 15.0. The van der Waals surface area contributed by atoms with Crippen LogP contribution >= 0.6 is 11.8 Å². The van der Waals surface area contributed by atoms with E-state index in [1.807, 2.05) is 30.3 Å². The standard InChI is InChI=1S/C21H23NO2S/c23-19-10-6-9-16-17(19)11-12-18(16)22-20(24)21(13-4-5-14-21)25-15-7-2-1-3-8-15/h1-3,6-10,18,23H,4-5,11-14H2,(H,22,24). The molecule has 3 nitrogen and oxygen atoms in total. The van der Waals surface area contributed by atoms with E-state index in [1.54, 1.807) is 17.8 Å². The van der Waals surface area contributed by atoms with Crippen LogP contribution in [0.3, 0.4) is 0 Å². The number of carbonyl (C=O) groups excluding carboxylic acids is 1. The molecule has 1 unspecified atom stereocenters. The highest BCUT2D eigenvalue weighted by Gasteiger charge is 2.43. The Morgan fingerprint density at radius 1 is 1.08 bits per heavy atom. The van der Waals surface area contributed by atoms with Gasteiger partial charge in [0.25, 0.3) is 0 Å². The fourth-order valence-electron chi connectivity index (χ4n) is 4.11. The van der Waals surface area contributed by atoms with Crippen LogP contribution in [0.1, 0.15) is 49.3 Å². The summed E-state index contributed by atoms with van der Waals surface area (Å²) in [5.41, 5.74) is 2.06. The van der Waals surface area contributed by atoms with E-state index in [9.17, 15) is 9.90 Å². The fraction of sp³-hybridized carbons (Fsp3) is 0.381. The molecule has 1 saturated carbocycles. The first-order chi connectivity index (χ1) is 12.2. The van der Waals surface area contributed by atoms with Crippen LogP contribution in [0, 0.1) is 0 Å². The van der Waals surface area contributed by atoms with Crippen LogP contribution in [0.25, 0.3) is 0 Å². The summed E-state index contributed by atoms with van der Waals surface area (Å²) in [5, 5.41) is 13.3. The summed E-state index contributed by atoms with van der Waals surface area (Å²) in [6.07, 6.45) is 5.76. The molecule has 25 heavy (non-hydrogen) atoms. The molecular weight excluding hydrogens is 330 g/mol. The third kappa shape index (κ3) is 3.15. The Morgan fingerprint density at radius 3 is 2.60 bits per heavy atom. The summed E-state index contributed by atoms with van der Waals surface area (Å²) in [7, 11) is 0. The third-order valence-corrected chi connectivity index (χ3v) is 6.92. The summed E-state index contributed by atoms with van der Waals surface area (Å²) >= 11 is 1.71. The molecule has 2 N–H and O–H groups in total. The monoisotopic (exact) mass is 353 g/mol. The minimum atomic E-state index is -0.360. The molecule has 2 aliphatic carbocycles. The summed E-state index contributed by atoms with van der Waals surface area (Å²) in [6.45, 7) is 0. The zero-order valence-electron chi connectivity index (χ0n) is 14.2. The van der Waals surface area contributed by atoms with Gasteiger partial charge >= 0.3 is 0 Å². The number of hydrogen-bond donors (Lipinski definition) is 2. The SMILES string of the molecule is O=C(NC1CCc2c(O)cccc21)C1(Sc2ccccc2)CCCC1. The highest BCUT2D eigenvalue weighted by atomic mass is 32.2. The second kappa shape index (κ2) is 6.75. The molecule has 2 aromatic carbocycles. The Labute approximate surface area is 152 Å². The molecule has 0 aromatic heterocycles. The lowest BCUT2D eigenvalue weighted by Crippen LogP contribution is -2.43. The van der Waals surface area contributed by atoms with E-state index in [2.05, 4.69) is 17.4 Å². The van der Waals surface area contributed by atoms with Gasteiger partial charge in [-0.05, 0) is 55.0 Å². The molecule has 4 rings (SSSR count). The largest absolute Gasteiger partial charge is 0.508 e. The maximum absolute atomic E-state index is 13.2. The lowest BCUT2D eigenvalue weighted by Gasteiger charge is -2.29. The number of aromatic hydroxyl groups is 1. The Bertz CT molecular complexity index is 769. The van der Waals surface area contributed by atoms with Crippen molar-refractivity contribution in [3.8, 4) is 5.75 Å². The second-order valence-corrected chi connectivity index (χ2v) is 8.48. The highest BCUT2D eigenvalue weighted by Crippen LogP contribution is 2.46. The zero-order chi connectivity index (χ0) is 17.3. The highest BCUT2D eigenvalue weighted by molar-refractivity contribution is 8.01. The van der Waals surface area contributed by atoms with E-state index >= 15 is 0 Å². The van der Waals surface area contributed by atoms with Gasteiger partial charge < -0.3 is 10.4 Å². The minimum absolute atomic E-state index is 0.0171. The third-order valence-electron chi connectivity index (χ3n) is 5.43. The van der Waals surface area contributed by atoms with Gasteiger partial charge in [0.05, 0.1) is 10.8 Å². The van der Waals surface area contributed by atoms with Crippen molar-refractivity contribution in [1.82, 2.24) is 5.32 Å². The van der Waals surface area contributed by atoms with E-state index in [0.717, 1.165) is 54.5 Å². The number of thioether (sulfide) groups is 1. The number of phenolic OH excluding ortho intramolecular Hbond substituents is 1. The van der Waals surface area contributed by atoms with Gasteiger partial charge in [-0.1, -0.05) is 43.2 Å². The predicted molar refractivity (Wildman–Crippen MR) is 101 cm³/mol. The number of nitrogens with one attached hydrogen (secondary N) is 1. The van der Waals surface area contributed by atoms with E-state index in [-0.39, 0.29) is 16.7 Å². The second-order valence-electron chi connectivity index (χ2n) is 7.03. The molecule has 0 aliphatic heterocycles. The van der Waals surface area contributed by atoms with Crippen LogP contribution in [0.15, 0.2) is 53.4 Å². The molecule has 4 heteroatoms. The van der Waals surface area contributed by atoms with Crippen molar-refractivity contribution in [3.63, 3.8) is 0 Å². The molecule has 2 aromatic rings. The van der Waals surface area contributed by atoms with Crippen molar-refractivity contribution in [2.24, 2.45) is 0 Å². The Hall–Kier alpha value is -1.94. The molecular formula is C21H23NO2S. The Balaban J connectivity index is 1.54. The molecule has 0 radical (unpaired) electrons. The number of benzene rings is 2. The molecule has 1 atom stereocenters. The lowest BCUT2D eigenvalue weighted by atomic mass is 10.0. The van der Waals surface area contributed by atoms with Gasteiger partial charge in [0, 0.05) is 4.90 Å². The maximum atomic E-state index is 13.2. The normalized spacial score (nSPS) is 21.0. The van der Waals surface area contributed by atoms with E-state index in [4.69, 9.17) is 0 Å². The average Bonchev–Trinajstić information content (AvgIpc) is 3.25. The van der Waals surface area contributed by atoms with Crippen LogP contribution in [0.4, 0.5) is 0 Å². The predicted octanol–water partition coefficient (Wildman–Crippen LogP) is 4.60. The van der Waals surface area contributed by atoms with E-state index < -0.39 is 0 Å². The number of phenols is 1. The van der Waals surface area contributed by atoms with Gasteiger partial charge in [-0.15, -0.1) is 11.8 Å². The number of amides is 1. The number of carbonyl (C=O) groups is 1. The molecule has 1 amide bonds. The number of fused-ring (bicyclic) bond motifs is 1. The van der Waals surface area contributed by atoms with Crippen molar-refractivity contribution in [1.29, 1.82) is 0 Å². The fourth-order valence-corrected chi connectivity index (χ4v) is 5.50. The van der Waals surface area contributed by atoms with Crippen LogP contribution < -0.4 is 5.32 Å². The number of hydrogen-bond acceptors (Lipinski definition) is 3. The summed E-state index contributed by atoms with van der Waals surface area (Å²) in [5.74, 6) is 0.503. The first kappa shape index (κ1) is 16.5. The Morgan fingerprint density at radius 2 is 1.84 bits per heavy atom. The van der Waals surface area contributed by atoms with Gasteiger partial charge in [0.1, 0.15) is 5.75 Å². The molecule has 0 saturated heterocycles. The van der Waals surface area contributed by atoms with Gasteiger partial charge in [0.15, 0.2) is 0 Å². The summed E-state index contributed by atoms with van der Waals surface area (Å²) in [6, 6.07) is 15.9. The first-order valence-corrected chi connectivity index (χ1v) is 9.85. The minimum Gasteiger partial charge on any atom is -0.508 e. The topological polar surface area (TPSA) is 49.3 Å². The van der Waals surface area contributed by atoms with Gasteiger partial charge in [-0.25, -0.2) is 0 Å². The quantitative estimate of drug-likeness (QED) is 0.844. The smallest absolute Gasteiger partial charge is 0.237 e. The van der Waals surface area contributed by atoms with Gasteiger partial charge in [-0.3, -0.25) is 4.79 Å². The summed E-state index contributed by atoms with van der Waals surface area (Å²) in [4.78, 5) is 14.4. The van der Waals surface area contributed by atoms with Gasteiger partial charge in [-0.2, -0.15) is 0 Å². The number of rotatable bonds is 4. The summed E-state index contributed by atoms with van der Waals surface area (Å²) < 4.78 is -0.360. The first-order valence-electron chi connectivity index (χ1n) is 9.04. The van der Waals surface area contributed by atoms with Crippen molar-refractivity contribution >= 4 is 17.7 Å². The molecule has 0 heterocycles. The molecule has 0 bridgehead atoms. The van der Waals surface area contributed by atoms with Gasteiger partial charge in [0.2, 0.25) is 5.91 Å². The van der Waals surface area contributed by atoms with E-state index in [0.29, 0.717) is 5.75 Å². The molecule has 0 spiro atoms. The molecule has 1 fully saturated rings. The maximum Gasteiger partial charge on any atom is 0.237 e. The van der Waals surface area contributed by atoms with Crippen molar-refractivity contribution in [3.05, 3.63) is 59.7 Å². The van der Waals surface area contributed by atoms with Crippen molar-refractivity contribution in [2.45, 2.75) is 54.2 Å². The molecule has 2 aliphatic rings. The van der Waals surface area contributed by atoms with Crippen LogP contribution in [0.5, 0.6) is 5.75 Å². The van der Waals surface area contributed by atoms with Crippen LogP contribution in [-0.4, -0.2) is 15.8 Å². The lowest BCUT2D eigenvalue weighted by molar-refractivity contribution is -0.124. The molecule has 130 valence electrons. The Kier molecular flexibility index (Phi) is 4.46.